The zero-order chi connectivity index (χ0) is 8.55. The van der Waals surface area contributed by atoms with Gasteiger partial charge in [-0.2, -0.15) is 5.10 Å². The molecule has 0 aliphatic carbocycles. The summed E-state index contributed by atoms with van der Waals surface area (Å²) in [6, 6.07) is 3.63. The van der Waals surface area contributed by atoms with Crippen molar-refractivity contribution >= 4 is 33.2 Å². The van der Waals surface area contributed by atoms with Crippen LogP contribution in [0.25, 0.3) is 5.65 Å². The summed E-state index contributed by atoms with van der Waals surface area (Å²) < 4.78 is 1.67. The minimum Gasteiger partial charge on any atom is -0.219 e. The van der Waals surface area contributed by atoms with Crippen molar-refractivity contribution in [1.29, 1.82) is 0 Å². The van der Waals surface area contributed by atoms with Crippen LogP contribution in [0.4, 0.5) is 0 Å². The molecule has 5 heteroatoms. The molecule has 0 spiro atoms. The first-order valence-corrected chi connectivity index (χ1v) is 4.86. The Balaban J connectivity index is 2.67. The summed E-state index contributed by atoms with van der Waals surface area (Å²) in [5, 5.41) is 5.49. The Morgan fingerprint density at radius 1 is 1.50 bits per heavy atom. The zero-order valence-corrected chi connectivity index (χ0v) is 8.38. The molecule has 0 atom stereocenters. The molecule has 2 aromatic heterocycles. The third-order valence-corrected chi connectivity index (χ3v) is 2.18. The smallest absolute Gasteiger partial charge is 0.162 e. The lowest BCUT2D eigenvalue weighted by Crippen LogP contribution is -1.86. The van der Waals surface area contributed by atoms with E-state index in [0.717, 1.165) is 11.5 Å². The van der Waals surface area contributed by atoms with Crippen molar-refractivity contribution in [3.8, 4) is 0 Å². The first kappa shape index (κ1) is 8.01. The van der Waals surface area contributed by atoms with Crippen LogP contribution in [0.3, 0.4) is 0 Å². The first-order valence-electron chi connectivity index (χ1n) is 3.36. The van der Waals surface area contributed by atoms with Crippen LogP contribution in [0.5, 0.6) is 0 Å². The lowest BCUT2D eigenvalue weighted by Gasteiger charge is -1.89. The van der Waals surface area contributed by atoms with Gasteiger partial charge in [-0.05, 0) is 12.1 Å². The predicted octanol–water partition coefficient (Wildman–Crippen LogP) is 2.28. The van der Waals surface area contributed by atoms with Crippen molar-refractivity contribution in [3.63, 3.8) is 0 Å². The molecule has 0 saturated heterocycles. The molecule has 0 saturated carbocycles. The number of aromatic nitrogens is 3. The number of hydrogen-bond donors (Lipinski definition) is 0. The van der Waals surface area contributed by atoms with E-state index in [4.69, 9.17) is 11.6 Å². The molecular weight excluding hydrogens is 241 g/mol. The molecule has 0 aliphatic heterocycles. The van der Waals surface area contributed by atoms with Crippen LogP contribution in [-0.2, 0) is 5.33 Å². The van der Waals surface area contributed by atoms with E-state index in [9.17, 15) is 0 Å². The van der Waals surface area contributed by atoms with Crippen molar-refractivity contribution in [2.75, 3.05) is 0 Å². The van der Waals surface area contributed by atoms with Crippen molar-refractivity contribution in [2.45, 2.75) is 5.33 Å². The highest BCUT2D eigenvalue weighted by Gasteiger charge is 2.00. The van der Waals surface area contributed by atoms with E-state index in [2.05, 4.69) is 26.0 Å². The van der Waals surface area contributed by atoms with Crippen LogP contribution in [-0.4, -0.2) is 14.6 Å². The molecule has 0 aromatic carbocycles. The average Bonchev–Trinajstić information content (AvgIpc) is 2.46. The molecule has 2 aromatic rings. The topological polar surface area (TPSA) is 30.2 Å². The quantitative estimate of drug-likeness (QED) is 0.723. The van der Waals surface area contributed by atoms with Gasteiger partial charge in [-0.1, -0.05) is 27.5 Å². The van der Waals surface area contributed by atoms with Gasteiger partial charge in [0.05, 0.1) is 10.4 Å². The maximum atomic E-state index is 5.77. The van der Waals surface area contributed by atoms with Gasteiger partial charge in [-0.15, -0.1) is 0 Å². The van der Waals surface area contributed by atoms with Crippen LogP contribution < -0.4 is 0 Å². The largest absolute Gasteiger partial charge is 0.219 e. The van der Waals surface area contributed by atoms with E-state index in [1.165, 1.54) is 0 Å². The van der Waals surface area contributed by atoms with Gasteiger partial charge in [-0.3, -0.25) is 0 Å². The molecule has 2 rings (SSSR count). The maximum absolute atomic E-state index is 5.77. The molecular formula is C7H5BrClN3. The van der Waals surface area contributed by atoms with Gasteiger partial charge in [-0.25, -0.2) is 9.50 Å². The standard InChI is InChI=1S/C7H5BrClN3/c8-3-6-10-7-2-1-5(9)4-12(7)11-6/h1-2,4H,3H2. The summed E-state index contributed by atoms with van der Waals surface area (Å²) in [5.41, 5.74) is 0.814. The second-order valence-corrected chi connectivity index (χ2v) is 3.31. The van der Waals surface area contributed by atoms with Gasteiger partial charge in [0.15, 0.2) is 11.5 Å². The third kappa shape index (κ3) is 1.32. The molecule has 0 aliphatic rings. The molecule has 12 heavy (non-hydrogen) atoms. The van der Waals surface area contributed by atoms with Crippen molar-refractivity contribution < 1.29 is 0 Å². The van der Waals surface area contributed by atoms with Gasteiger partial charge < -0.3 is 0 Å². The number of nitrogens with zero attached hydrogens (tertiary/aromatic N) is 3. The Morgan fingerprint density at radius 2 is 2.33 bits per heavy atom. The van der Waals surface area contributed by atoms with Crippen molar-refractivity contribution in [2.24, 2.45) is 0 Å². The Bertz CT molecular complexity index is 412. The number of halogens is 2. The van der Waals surface area contributed by atoms with Gasteiger partial charge in [0.2, 0.25) is 0 Å². The molecule has 0 amide bonds. The Kier molecular flexibility index (Phi) is 2.02. The summed E-state index contributed by atoms with van der Waals surface area (Å²) in [6.07, 6.45) is 1.73. The van der Waals surface area contributed by atoms with Crippen LogP contribution in [0.1, 0.15) is 5.82 Å². The molecule has 0 N–H and O–H groups in total. The molecule has 62 valence electrons. The van der Waals surface area contributed by atoms with Crippen molar-refractivity contribution in [1.82, 2.24) is 14.6 Å². The lowest BCUT2D eigenvalue weighted by molar-refractivity contribution is 0.927. The van der Waals surface area contributed by atoms with Gasteiger partial charge in [0, 0.05) is 6.20 Å². The number of alkyl halides is 1. The molecule has 0 bridgehead atoms. The summed E-state index contributed by atoms with van der Waals surface area (Å²) in [7, 11) is 0. The Labute approximate surface area is 82.5 Å². The lowest BCUT2D eigenvalue weighted by atomic mass is 10.5. The first-order chi connectivity index (χ1) is 5.79. The van der Waals surface area contributed by atoms with Crippen LogP contribution in [0, 0.1) is 0 Å². The summed E-state index contributed by atoms with van der Waals surface area (Å²) >= 11 is 9.05. The number of pyridine rings is 1. The van der Waals surface area contributed by atoms with E-state index in [-0.39, 0.29) is 0 Å². The second-order valence-electron chi connectivity index (χ2n) is 2.31. The third-order valence-electron chi connectivity index (χ3n) is 1.46. The molecule has 2 heterocycles. The van der Waals surface area contributed by atoms with E-state index >= 15 is 0 Å². The zero-order valence-electron chi connectivity index (χ0n) is 6.04. The summed E-state index contributed by atoms with van der Waals surface area (Å²) in [6.45, 7) is 0. The monoisotopic (exact) mass is 245 g/mol. The minimum atomic E-state index is 0.659. The fourth-order valence-corrected chi connectivity index (χ4v) is 1.35. The highest BCUT2D eigenvalue weighted by Crippen LogP contribution is 2.10. The highest BCUT2D eigenvalue weighted by atomic mass is 79.9. The Morgan fingerprint density at radius 3 is 3.08 bits per heavy atom. The van der Waals surface area contributed by atoms with E-state index in [0.29, 0.717) is 10.4 Å². The van der Waals surface area contributed by atoms with Crippen LogP contribution in [0.15, 0.2) is 18.3 Å². The van der Waals surface area contributed by atoms with E-state index < -0.39 is 0 Å². The maximum Gasteiger partial charge on any atom is 0.162 e. The molecule has 0 unspecified atom stereocenters. The molecule has 0 fully saturated rings. The van der Waals surface area contributed by atoms with Crippen molar-refractivity contribution in [3.05, 3.63) is 29.2 Å². The summed E-state index contributed by atoms with van der Waals surface area (Å²) in [4.78, 5) is 4.22. The average molecular weight is 246 g/mol. The van der Waals surface area contributed by atoms with Gasteiger partial charge in [0.1, 0.15) is 0 Å². The van der Waals surface area contributed by atoms with Gasteiger partial charge >= 0.3 is 0 Å². The van der Waals surface area contributed by atoms with Crippen LogP contribution in [0.2, 0.25) is 5.02 Å². The Hall–Kier alpha value is -0.610. The molecule has 3 nitrogen and oxygen atoms in total. The minimum absolute atomic E-state index is 0.659. The predicted molar refractivity (Wildman–Crippen MR) is 50.6 cm³/mol. The van der Waals surface area contributed by atoms with Crippen LogP contribution >= 0.6 is 27.5 Å². The molecule has 0 radical (unpaired) electrons. The normalized spacial score (nSPS) is 10.8. The second kappa shape index (κ2) is 3.03. The number of hydrogen-bond acceptors (Lipinski definition) is 2. The van der Waals surface area contributed by atoms with E-state index in [1.807, 2.05) is 6.07 Å². The van der Waals surface area contributed by atoms with E-state index in [1.54, 1.807) is 16.8 Å². The highest BCUT2D eigenvalue weighted by molar-refractivity contribution is 9.08. The number of fused-ring (bicyclic) bond motifs is 1. The fraction of sp³-hybridized carbons (Fsp3) is 0.143. The number of rotatable bonds is 1. The SMILES string of the molecule is Clc1ccc2nc(CBr)nn2c1. The fourth-order valence-electron chi connectivity index (χ4n) is 0.961. The van der Waals surface area contributed by atoms with Gasteiger partial charge in [0.25, 0.3) is 0 Å². The summed E-state index contributed by atoms with van der Waals surface area (Å²) in [5.74, 6) is 0.761.